The lowest BCUT2D eigenvalue weighted by Crippen LogP contribution is -2.12. The van der Waals surface area contributed by atoms with Gasteiger partial charge in [-0.05, 0) is 38.5 Å². The molecule has 1 aromatic heterocycles. The van der Waals surface area contributed by atoms with Gasteiger partial charge in [0, 0.05) is 6.54 Å². The van der Waals surface area contributed by atoms with E-state index in [-0.39, 0.29) is 0 Å². The summed E-state index contributed by atoms with van der Waals surface area (Å²) >= 11 is 0. The fraction of sp³-hybridized carbons (Fsp3) is 0.727. The molecule has 0 aromatic carbocycles. The number of hydrogen-bond acceptors (Lipinski definition) is 2. The lowest BCUT2D eigenvalue weighted by molar-refractivity contribution is 0.400. The molecule has 0 spiro atoms. The fourth-order valence-corrected chi connectivity index (χ4v) is 1.98. The maximum atomic E-state index is 5.89. The van der Waals surface area contributed by atoms with Gasteiger partial charge in [0.2, 0.25) is 0 Å². The predicted octanol–water partition coefficient (Wildman–Crippen LogP) is 2.13. The van der Waals surface area contributed by atoms with Crippen LogP contribution in [0.5, 0.6) is 0 Å². The van der Waals surface area contributed by atoms with Gasteiger partial charge in [-0.2, -0.15) is 5.10 Å². The third-order valence-corrected chi connectivity index (χ3v) is 3.33. The van der Waals surface area contributed by atoms with E-state index >= 15 is 0 Å². The molecule has 14 heavy (non-hydrogen) atoms. The highest BCUT2D eigenvalue weighted by Crippen LogP contribution is 2.37. The summed E-state index contributed by atoms with van der Waals surface area (Å²) in [5.41, 5.74) is 8.83. The molecular formula is C11H19N3. The molecule has 1 fully saturated rings. The van der Waals surface area contributed by atoms with Gasteiger partial charge in [-0.15, -0.1) is 0 Å². The SMILES string of the molecule is Cc1nn(CC(C)C2CC2)c(C)c1N. The first kappa shape index (κ1) is 9.56. The first-order valence-electron chi connectivity index (χ1n) is 5.39. The maximum Gasteiger partial charge on any atom is 0.0825 e. The van der Waals surface area contributed by atoms with Gasteiger partial charge in [0.05, 0.1) is 17.1 Å². The van der Waals surface area contributed by atoms with Crippen LogP contribution in [0.1, 0.15) is 31.2 Å². The smallest absolute Gasteiger partial charge is 0.0825 e. The Bertz CT molecular complexity index is 337. The van der Waals surface area contributed by atoms with Gasteiger partial charge in [0.15, 0.2) is 0 Å². The highest BCUT2D eigenvalue weighted by molar-refractivity contribution is 5.46. The van der Waals surface area contributed by atoms with E-state index in [0.29, 0.717) is 0 Å². The molecule has 0 saturated heterocycles. The van der Waals surface area contributed by atoms with Gasteiger partial charge in [0.25, 0.3) is 0 Å². The monoisotopic (exact) mass is 193 g/mol. The van der Waals surface area contributed by atoms with Crippen LogP contribution in [0.4, 0.5) is 5.69 Å². The van der Waals surface area contributed by atoms with E-state index in [9.17, 15) is 0 Å². The summed E-state index contributed by atoms with van der Waals surface area (Å²) in [5, 5.41) is 4.45. The zero-order chi connectivity index (χ0) is 10.3. The maximum absolute atomic E-state index is 5.89. The van der Waals surface area contributed by atoms with E-state index in [4.69, 9.17) is 5.73 Å². The lowest BCUT2D eigenvalue weighted by atomic mass is 10.1. The van der Waals surface area contributed by atoms with Gasteiger partial charge in [-0.25, -0.2) is 0 Å². The summed E-state index contributed by atoms with van der Waals surface area (Å²) in [6.45, 7) is 7.36. The molecule has 1 unspecified atom stereocenters. The summed E-state index contributed by atoms with van der Waals surface area (Å²) in [4.78, 5) is 0. The average molecular weight is 193 g/mol. The van der Waals surface area contributed by atoms with Crippen LogP contribution in [-0.2, 0) is 6.54 Å². The van der Waals surface area contributed by atoms with Crippen molar-refractivity contribution in [3.05, 3.63) is 11.4 Å². The number of rotatable bonds is 3. The molecule has 2 N–H and O–H groups in total. The molecule has 1 aliphatic carbocycles. The first-order valence-corrected chi connectivity index (χ1v) is 5.39. The standard InChI is InChI=1S/C11H19N3/c1-7(10-4-5-10)6-14-9(3)11(12)8(2)13-14/h7,10H,4-6,12H2,1-3H3. The summed E-state index contributed by atoms with van der Waals surface area (Å²) in [6, 6.07) is 0. The minimum atomic E-state index is 0.743. The quantitative estimate of drug-likeness (QED) is 0.799. The largest absolute Gasteiger partial charge is 0.396 e. The van der Waals surface area contributed by atoms with Crippen LogP contribution < -0.4 is 5.73 Å². The van der Waals surface area contributed by atoms with E-state index in [2.05, 4.69) is 23.6 Å². The number of hydrogen-bond donors (Lipinski definition) is 1. The Labute approximate surface area is 85.3 Å². The second-order valence-corrected chi connectivity index (χ2v) is 4.58. The molecule has 0 amide bonds. The molecule has 1 heterocycles. The van der Waals surface area contributed by atoms with Crippen molar-refractivity contribution in [1.29, 1.82) is 0 Å². The van der Waals surface area contributed by atoms with Gasteiger partial charge in [-0.1, -0.05) is 6.92 Å². The summed E-state index contributed by atoms with van der Waals surface area (Å²) in [5.74, 6) is 1.67. The molecule has 0 radical (unpaired) electrons. The van der Waals surface area contributed by atoms with Crippen molar-refractivity contribution in [3.63, 3.8) is 0 Å². The van der Waals surface area contributed by atoms with Crippen LogP contribution in [0.3, 0.4) is 0 Å². The zero-order valence-electron chi connectivity index (χ0n) is 9.25. The molecule has 2 rings (SSSR count). The summed E-state index contributed by atoms with van der Waals surface area (Å²) < 4.78 is 2.06. The van der Waals surface area contributed by atoms with Crippen LogP contribution in [0.25, 0.3) is 0 Å². The number of nitrogens with two attached hydrogens (primary N) is 1. The van der Waals surface area contributed by atoms with Crippen molar-refractivity contribution in [2.45, 2.75) is 40.2 Å². The van der Waals surface area contributed by atoms with Gasteiger partial charge in [0.1, 0.15) is 0 Å². The number of nitrogen functional groups attached to an aromatic ring is 1. The van der Waals surface area contributed by atoms with E-state index < -0.39 is 0 Å². The van der Waals surface area contributed by atoms with Crippen LogP contribution in [0.15, 0.2) is 0 Å². The van der Waals surface area contributed by atoms with E-state index in [1.54, 1.807) is 0 Å². The van der Waals surface area contributed by atoms with Crippen molar-refractivity contribution < 1.29 is 0 Å². The molecule has 1 aromatic rings. The minimum Gasteiger partial charge on any atom is -0.396 e. The van der Waals surface area contributed by atoms with Crippen molar-refractivity contribution in [2.75, 3.05) is 5.73 Å². The fourth-order valence-electron chi connectivity index (χ4n) is 1.98. The Kier molecular flexibility index (Phi) is 2.25. The molecular weight excluding hydrogens is 174 g/mol. The second-order valence-electron chi connectivity index (χ2n) is 4.58. The Balaban J connectivity index is 2.11. The van der Waals surface area contributed by atoms with Crippen molar-refractivity contribution in [2.24, 2.45) is 11.8 Å². The molecule has 0 bridgehead atoms. The van der Waals surface area contributed by atoms with Crippen LogP contribution in [-0.4, -0.2) is 9.78 Å². The Hall–Kier alpha value is -0.990. The topological polar surface area (TPSA) is 43.8 Å². The normalized spacial score (nSPS) is 18.5. The Morgan fingerprint density at radius 2 is 2.14 bits per heavy atom. The molecule has 1 saturated carbocycles. The number of aryl methyl sites for hydroxylation is 1. The van der Waals surface area contributed by atoms with Gasteiger partial charge < -0.3 is 5.73 Å². The molecule has 3 nitrogen and oxygen atoms in total. The number of aromatic nitrogens is 2. The van der Waals surface area contributed by atoms with Crippen LogP contribution in [0, 0.1) is 25.7 Å². The number of anilines is 1. The highest BCUT2D eigenvalue weighted by atomic mass is 15.3. The van der Waals surface area contributed by atoms with Crippen molar-refractivity contribution in [1.82, 2.24) is 9.78 Å². The van der Waals surface area contributed by atoms with Crippen molar-refractivity contribution in [3.8, 4) is 0 Å². The zero-order valence-corrected chi connectivity index (χ0v) is 9.25. The van der Waals surface area contributed by atoms with Gasteiger partial charge in [-0.3, -0.25) is 4.68 Å². The third kappa shape index (κ3) is 1.63. The highest BCUT2D eigenvalue weighted by Gasteiger charge is 2.28. The summed E-state index contributed by atoms with van der Waals surface area (Å²) in [6.07, 6.45) is 2.80. The Morgan fingerprint density at radius 1 is 1.50 bits per heavy atom. The van der Waals surface area contributed by atoms with E-state index in [0.717, 1.165) is 35.5 Å². The lowest BCUT2D eigenvalue weighted by Gasteiger charge is -2.11. The molecule has 78 valence electrons. The minimum absolute atomic E-state index is 0.743. The molecule has 1 aliphatic rings. The van der Waals surface area contributed by atoms with Crippen molar-refractivity contribution >= 4 is 5.69 Å². The summed E-state index contributed by atoms with van der Waals surface area (Å²) in [7, 11) is 0. The van der Waals surface area contributed by atoms with E-state index in [1.165, 1.54) is 12.8 Å². The molecule has 3 heteroatoms. The Morgan fingerprint density at radius 3 is 2.57 bits per heavy atom. The van der Waals surface area contributed by atoms with Gasteiger partial charge >= 0.3 is 0 Å². The second kappa shape index (κ2) is 3.30. The average Bonchev–Trinajstić information content (AvgIpc) is 2.93. The third-order valence-electron chi connectivity index (χ3n) is 3.33. The first-order chi connectivity index (χ1) is 6.59. The predicted molar refractivity (Wildman–Crippen MR) is 58.0 cm³/mol. The van der Waals surface area contributed by atoms with Crippen LogP contribution in [0.2, 0.25) is 0 Å². The molecule has 0 aliphatic heterocycles. The van der Waals surface area contributed by atoms with E-state index in [1.807, 2.05) is 6.92 Å². The number of nitrogens with zero attached hydrogens (tertiary/aromatic N) is 2. The van der Waals surface area contributed by atoms with Crippen LogP contribution >= 0.6 is 0 Å². The molecule has 1 atom stereocenters.